The molecule has 2 heteroatoms. The van der Waals surface area contributed by atoms with Crippen LogP contribution in [0, 0.1) is 5.41 Å². The molecule has 0 saturated carbocycles. The zero-order chi connectivity index (χ0) is 13.4. The summed E-state index contributed by atoms with van der Waals surface area (Å²) >= 11 is 0. The monoisotopic (exact) mass is 247 g/mol. The molecule has 18 heavy (non-hydrogen) atoms. The smallest absolute Gasteiger partial charge is 0.251 e. The van der Waals surface area contributed by atoms with Crippen molar-refractivity contribution in [2.75, 3.05) is 6.54 Å². The van der Waals surface area contributed by atoms with Crippen LogP contribution in [0.1, 0.15) is 56.8 Å². The van der Waals surface area contributed by atoms with E-state index in [1.807, 2.05) is 30.3 Å². The summed E-state index contributed by atoms with van der Waals surface area (Å²) < 4.78 is 0. The number of hydrogen-bond donors (Lipinski definition) is 1. The van der Waals surface area contributed by atoms with Gasteiger partial charge in [0.25, 0.3) is 5.91 Å². The Morgan fingerprint density at radius 3 is 2.44 bits per heavy atom. The van der Waals surface area contributed by atoms with Crippen LogP contribution in [0.3, 0.4) is 0 Å². The molecule has 1 aromatic carbocycles. The fraction of sp³-hybridized carbons (Fsp3) is 0.562. The second-order valence-electron chi connectivity index (χ2n) is 5.67. The molecule has 0 bridgehead atoms. The molecule has 0 aliphatic rings. The highest BCUT2D eigenvalue weighted by atomic mass is 16.1. The van der Waals surface area contributed by atoms with E-state index < -0.39 is 0 Å². The largest absolute Gasteiger partial charge is 0.352 e. The van der Waals surface area contributed by atoms with Gasteiger partial charge in [0.05, 0.1) is 0 Å². The lowest BCUT2D eigenvalue weighted by Crippen LogP contribution is -2.33. The third kappa shape index (κ3) is 5.35. The molecule has 1 aromatic rings. The van der Waals surface area contributed by atoms with E-state index in [9.17, 15) is 4.79 Å². The Morgan fingerprint density at radius 2 is 1.83 bits per heavy atom. The van der Waals surface area contributed by atoms with Gasteiger partial charge in [-0.25, -0.2) is 0 Å². The quantitative estimate of drug-likeness (QED) is 0.724. The van der Waals surface area contributed by atoms with E-state index in [2.05, 4.69) is 26.1 Å². The van der Waals surface area contributed by atoms with Crippen LogP contribution in [0.5, 0.6) is 0 Å². The third-order valence-electron chi connectivity index (χ3n) is 3.22. The zero-order valence-corrected chi connectivity index (χ0v) is 11.8. The normalized spacial score (nSPS) is 11.3. The number of rotatable bonds is 7. The van der Waals surface area contributed by atoms with E-state index in [1.165, 1.54) is 19.3 Å². The number of carbonyl (C=O) groups is 1. The van der Waals surface area contributed by atoms with E-state index >= 15 is 0 Å². The number of benzene rings is 1. The van der Waals surface area contributed by atoms with E-state index in [4.69, 9.17) is 0 Å². The van der Waals surface area contributed by atoms with Crippen molar-refractivity contribution in [3.8, 4) is 0 Å². The Labute approximate surface area is 111 Å². The van der Waals surface area contributed by atoms with Gasteiger partial charge in [-0.05, 0) is 24.0 Å². The lowest BCUT2D eigenvalue weighted by molar-refractivity contribution is 0.0934. The maximum atomic E-state index is 11.9. The first-order valence-corrected chi connectivity index (χ1v) is 6.88. The predicted molar refractivity (Wildman–Crippen MR) is 76.7 cm³/mol. The maximum Gasteiger partial charge on any atom is 0.251 e. The minimum Gasteiger partial charge on any atom is -0.352 e. The molecule has 0 unspecified atom stereocenters. The van der Waals surface area contributed by atoms with Gasteiger partial charge < -0.3 is 5.32 Å². The molecule has 0 aromatic heterocycles. The predicted octanol–water partition coefficient (Wildman–Crippen LogP) is 4.02. The average molecular weight is 247 g/mol. The molecule has 2 nitrogen and oxygen atoms in total. The Morgan fingerprint density at radius 1 is 1.17 bits per heavy atom. The molecule has 0 aliphatic heterocycles. The standard InChI is InChI=1S/C16H25NO/c1-4-5-9-12-16(2,3)13-17-15(18)14-10-7-6-8-11-14/h6-8,10-11H,4-5,9,12-13H2,1-3H3,(H,17,18). The Kier molecular flexibility index (Phi) is 5.90. The summed E-state index contributed by atoms with van der Waals surface area (Å²) in [6.45, 7) is 7.39. The van der Waals surface area contributed by atoms with Gasteiger partial charge in [-0.3, -0.25) is 4.79 Å². The lowest BCUT2D eigenvalue weighted by atomic mass is 9.87. The molecule has 100 valence electrons. The van der Waals surface area contributed by atoms with Crippen LogP contribution in [0.2, 0.25) is 0 Å². The minimum atomic E-state index is 0.0270. The molecule has 1 rings (SSSR count). The van der Waals surface area contributed by atoms with Gasteiger partial charge in [0.1, 0.15) is 0 Å². The second-order valence-corrected chi connectivity index (χ2v) is 5.67. The lowest BCUT2D eigenvalue weighted by Gasteiger charge is -2.25. The molecule has 1 amide bonds. The van der Waals surface area contributed by atoms with Crippen molar-refractivity contribution in [3.05, 3.63) is 35.9 Å². The summed E-state index contributed by atoms with van der Waals surface area (Å²) in [5.74, 6) is 0.0270. The van der Waals surface area contributed by atoms with E-state index in [0.29, 0.717) is 0 Å². The van der Waals surface area contributed by atoms with Crippen molar-refractivity contribution in [2.24, 2.45) is 5.41 Å². The van der Waals surface area contributed by atoms with Crippen LogP contribution < -0.4 is 5.32 Å². The van der Waals surface area contributed by atoms with Gasteiger partial charge in [0, 0.05) is 12.1 Å². The highest BCUT2D eigenvalue weighted by molar-refractivity contribution is 5.94. The third-order valence-corrected chi connectivity index (χ3v) is 3.22. The first-order chi connectivity index (χ1) is 8.55. The van der Waals surface area contributed by atoms with Crippen LogP contribution >= 0.6 is 0 Å². The van der Waals surface area contributed by atoms with E-state index in [1.54, 1.807) is 0 Å². The highest BCUT2D eigenvalue weighted by Crippen LogP contribution is 2.22. The van der Waals surface area contributed by atoms with Crippen molar-refractivity contribution >= 4 is 5.91 Å². The summed E-state index contributed by atoms with van der Waals surface area (Å²) in [6.07, 6.45) is 4.92. The number of amides is 1. The molecule has 0 atom stereocenters. The van der Waals surface area contributed by atoms with Gasteiger partial charge in [-0.15, -0.1) is 0 Å². The van der Waals surface area contributed by atoms with Crippen LogP contribution in [0.15, 0.2) is 30.3 Å². The van der Waals surface area contributed by atoms with E-state index in [0.717, 1.165) is 18.5 Å². The average Bonchev–Trinajstić information content (AvgIpc) is 2.37. The molecular formula is C16H25NO. The molecule has 0 spiro atoms. The first-order valence-electron chi connectivity index (χ1n) is 6.88. The summed E-state index contributed by atoms with van der Waals surface area (Å²) in [6, 6.07) is 9.40. The van der Waals surface area contributed by atoms with Crippen molar-refractivity contribution in [2.45, 2.75) is 46.5 Å². The van der Waals surface area contributed by atoms with Crippen molar-refractivity contribution in [1.29, 1.82) is 0 Å². The van der Waals surface area contributed by atoms with Crippen molar-refractivity contribution in [3.63, 3.8) is 0 Å². The summed E-state index contributed by atoms with van der Waals surface area (Å²) in [7, 11) is 0. The molecular weight excluding hydrogens is 222 g/mol. The summed E-state index contributed by atoms with van der Waals surface area (Å²) in [5.41, 5.74) is 0.918. The Hall–Kier alpha value is -1.31. The van der Waals surface area contributed by atoms with Crippen LogP contribution in [0.25, 0.3) is 0 Å². The molecule has 1 N–H and O–H groups in total. The summed E-state index contributed by atoms with van der Waals surface area (Å²) in [5, 5.41) is 3.03. The molecule has 0 saturated heterocycles. The van der Waals surface area contributed by atoms with Gasteiger partial charge in [-0.2, -0.15) is 0 Å². The SMILES string of the molecule is CCCCCC(C)(C)CNC(=O)c1ccccc1. The van der Waals surface area contributed by atoms with Crippen molar-refractivity contribution in [1.82, 2.24) is 5.32 Å². The Bertz CT molecular complexity index is 357. The van der Waals surface area contributed by atoms with Gasteiger partial charge in [-0.1, -0.05) is 58.2 Å². The number of nitrogens with one attached hydrogen (secondary N) is 1. The molecule has 0 radical (unpaired) electrons. The number of hydrogen-bond acceptors (Lipinski definition) is 1. The fourth-order valence-corrected chi connectivity index (χ4v) is 1.95. The van der Waals surface area contributed by atoms with Crippen LogP contribution in [0.4, 0.5) is 0 Å². The van der Waals surface area contributed by atoms with Gasteiger partial charge in [0.15, 0.2) is 0 Å². The maximum absolute atomic E-state index is 11.9. The molecule has 0 fully saturated rings. The van der Waals surface area contributed by atoms with Gasteiger partial charge in [0.2, 0.25) is 0 Å². The number of carbonyl (C=O) groups excluding carboxylic acids is 1. The molecule has 0 aliphatic carbocycles. The van der Waals surface area contributed by atoms with Crippen LogP contribution in [-0.2, 0) is 0 Å². The fourth-order valence-electron chi connectivity index (χ4n) is 1.95. The zero-order valence-electron chi connectivity index (χ0n) is 11.8. The minimum absolute atomic E-state index is 0.0270. The second kappa shape index (κ2) is 7.20. The highest BCUT2D eigenvalue weighted by Gasteiger charge is 2.18. The van der Waals surface area contributed by atoms with Crippen LogP contribution in [-0.4, -0.2) is 12.5 Å². The summed E-state index contributed by atoms with van der Waals surface area (Å²) in [4.78, 5) is 11.9. The molecule has 0 heterocycles. The van der Waals surface area contributed by atoms with Crippen molar-refractivity contribution < 1.29 is 4.79 Å². The van der Waals surface area contributed by atoms with Gasteiger partial charge >= 0.3 is 0 Å². The Balaban J connectivity index is 2.37. The number of unbranched alkanes of at least 4 members (excludes halogenated alkanes) is 2. The first kappa shape index (κ1) is 14.7. The van der Waals surface area contributed by atoms with E-state index in [-0.39, 0.29) is 11.3 Å². The topological polar surface area (TPSA) is 29.1 Å².